The van der Waals surface area contributed by atoms with Crippen LogP contribution in [0.3, 0.4) is 0 Å². The highest BCUT2D eigenvalue weighted by Crippen LogP contribution is 2.27. The normalized spacial score (nSPS) is 17.2. The standard InChI is InChI=1S/C75H142O12/c1-4-7-10-13-16-19-22-25-28-31-34-37-40-43-46-49-52-55-58-61-67(76)83-64-66(85-68(77)62-59-56-53-50-47-44-41-38-35-32-29-26-23-20-17-14-11-8-5-2)65-84-75-73(71(80)70(79)72(87-75)74(81)82)86-69(78)63-60-57-54-51-48-45-42-39-36-33-30-27-24-21-18-15-12-9-6-3/h66,70-73,75,79-80H,4-65H2,1-3H3,(H,81,82). The van der Waals surface area contributed by atoms with E-state index >= 15 is 0 Å². The molecule has 1 fully saturated rings. The van der Waals surface area contributed by atoms with Crippen molar-refractivity contribution in [2.45, 2.75) is 443 Å². The Balaban J connectivity index is 2.57. The van der Waals surface area contributed by atoms with Crippen LogP contribution >= 0.6 is 0 Å². The highest BCUT2D eigenvalue weighted by Gasteiger charge is 2.50. The number of ether oxygens (including phenoxy) is 5. The predicted octanol–water partition coefficient (Wildman–Crippen LogP) is 21.4. The molecule has 6 atom stereocenters. The van der Waals surface area contributed by atoms with Crippen molar-refractivity contribution in [2.75, 3.05) is 13.2 Å². The number of carbonyl (C=O) groups excluding carboxylic acids is 3. The summed E-state index contributed by atoms with van der Waals surface area (Å²) in [5, 5.41) is 31.7. The second-order valence-electron chi connectivity index (χ2n) is 26.7. The number of carboxylic acid groups (broad SMARTS) is 1. The van der Waals surface area contributed by atoms with Gasteiger partial charge in [-0.1, -0.05) is 367 Å². The molecule has 1 aliphatic rings. The van der Waals surface area contributed by atoms with Gasteiger partial charge in [0, 0.05) is 19.3 Å². The summed E-state index contributed by atoms with van der Waals surface area (Å²) in [7, 11) is 0. The lowest BCUT2D eigenvalue weighted by Crippen LogP contribution is -2.61. The predicted molar refractivity (Wildman–Crippen MR) is 359 cm³/mol. The van der Waals surface area contributed by atoms with E-state index < -0.39 is 67.3 Å². The van der Waals surface area contributed by atoms with Crippen LogP contribution in [0.5, 0.6) is 0 Å². The van der Waals surface area contributed by atoms with Gasteiger partial charge in [-0.3, -0.25) is 14.4 Å². The van der Waals surface area contributed by atoms with Gasteiger partial charge < -0.3 is 39.0 Å². The molecule has 0 aromatic carbocycles. The van der Waals surface area contributed by atoms with Crippen LogP contribution in [0.2, 0.25) is 0 Å². The molecular weight excluding hydrogens is 1090 g/mol. The first kappa shape index (κ1) is 82.7. The van der Waals surface area contributed by atoms with Crippen molar-refractivity contribution in [1.82, 2.24) is 0 Å². The SMILES string of the molecule is CCCCCCCCCCCCCCCCCCCCCC(=O)OCC(COC1OC(C(=O)O)C(O)C(O)C1OC(=O)CCCCCCCCCCCCCCCCCCCCC)OC(=O)CCCCCCCCCCCCCCCCCCCCC. The Labute approximate surface area is 535 Å². The van der Waals surface area contributed by atoms with E-state index in [2.05, 4.69) is 20.8 Å². The third-order valence-electron chi connectivity index (χ3n) is 18.2. The lowest BCUT2D eigenvalue weighted by molar-refractivity contribution is -0.301. The molecule has 0 aromatic rings. The molecule has 6 unspecified atom stereocenters. The molecule has 1 aliphatic heterocycles. The van der Waals surface area contributed by atoms with Crippen molar-refractivity contribution < 1.29 is 58.2 Å². The van der Waals surface area contributed by atoms with Gasteiger partial charge in [-0.15, -0.1) is 0 Å². The fourth-order valence-corrected chi connectivity index (χ4v) is 12.4. The lowest BCUT2D eigenvalue weighted by Gasteiger charge is -2.40. The van der Waals surface area contributed by atoms with Crippen LogP contribution in [0.4, 0.5) is 0 Å². The lowest BCUT2D eigenvalue weighted by atomic mass is 9.98. The summed E-state index contributed by atoms with van der Waals surface area (Å²) in [5.41, 5.74) is 0. The summed E-state index contributed by atoms with van der Waals surface area (Å²) >= 11 is 0. The number of aliphatic hydroxyl groups excluding tert-OH is 2. The van der Waals surface area contributed by atoms with E-state index in [-0.39, 0.29) is 25.9 Å². The van der Waals surface area contributed by atoms with Gasteiger partial charge in [-0.2, -0.15) is 0 Å². The number of aliphatic carboxylic acids is 1. The van der Waals surface area contributed by atoms with Crippen molar-refractivity contribution in [2.24, 2.45) is 0 Å². The highest BCUT2D eigenvalue weighted by molar-refractivity contribution is 5.74. The summed E-state index contributed by atoms with van der Waals surface area (Å²) in [6.45, 7) is 6.12. The van der Waals surface area contributed by atoms with Crippen LogP contribution < -0.4 is 0 Å². The monoisotopic (exact) mass is 1240 g/mol. The molecule has 12 nitrogen and oxygen atoms in total. The third kappa shape index (κ3) is 53.0. The van der Waals surface area contributed by atoms with E-state index in [1.165, 1.54) is 289 Å². The third-order valence-corrected chi connectivity index (χ3v) is 18.2. The maximum absolute atomic E-state index is 13.3. The number of hydrogen-bond acceptors (Lipinski definition) is 11. The zero-order chi connectivity index (χ0) is 63.1. The van der Waals surface area contributed by atoms with Gasteiger partial charge >= 0.3 is 23.9 Å². The van der Waals surface area contributed by atoms with Crippen LogP contribution in [0.1, 0.15) is 406 Å². The molecule has 0 amide bonds. The Kier molecular flexibility index (Phi) is 60.7. The van der Waals surface area contributed by atoms with Crippen LogP contribution in [-0.2, 0) is 42.9 Å². The number of carbonyl (C=O) groups is 4. The number of esters is 3. The molecule has 0 radical (unpaired) electrons. The van der Waals surface area contributed by atoms with Crippen LogP contribution in [0, 0.1) is 0 Å². The number of hydrogen-bond donors (Lipinski definition) is 3. The van der Waals surface area contributed by atoms with Crippen molar-refractivity contribution in [1.29, 1.82) is 0 Å². The first-order chi connectivity index (χ1) is 42.6. The molecule has 12 heteroatoms. The van der Waals surface area contributed by atoms with E-state index in [1.807, 2.05) is 0 Å². The quantitative estimate of drug-likeness (QED) is 0.0299. The second-order valence-corrected chi connectivity index (χ2v) is 26.7. The van der Waals surface area contributed by atoms with Gasteiger partial charge in [0.25, 0.3) is 0 Å². The summed E-state index contributed by atoms with van der Waals surface area (Å²) in [4.78, 5) is 51.6. The number of aliphatic hydroxyl groups is 2. The molecule has 3 N–H and O–H groups in total. The summed E-state index contributed by atoms with van der Waals surface area (Å²) in [6.07, 6.45) is 62.0. The van der Waals surface area contributed by atoms with E-state index in [0.29, 0.717) is 19.3 Å². The minimum Gasteiger partial charge on any atom is -0.479 e. The maximum atomic E-state index is 13.3. The van der Waals surface area contributed by atoms with E-state index in [4.69, 9.17) is 23.7 Å². The fraction of sp³-hybridized carbons (Fsp3) is 0.947. The molecule has 1 heterocycles. The van der Waals surface area contributed by atoms with Crippen molar-refractivity contribution in [3.8, 4) is 0 Å². The zero-order valence-corrected chi connectivity index (χ0v) is 57.3. The number of carboxylic acids is 1. The van der Waals surface area contributed by atoms with Crippen molar-refractivity contribution in [3.05, 3.63) is 0 Å². The topological polar surface area (TPSA) is 175 Å². The molecule has 0 spiro atoms. The molecule has 1 saturated heterocycles. The average Bonchev–Trinajstić information content (AvgIpc) is 2.56. The molecule has 87 heavy (non-hydrogen) atoms. The first-order valence-corrected chi connectivity index (χ1v) is 38.0. The molecule has 0 aliphatic carbocycles. The molecule has 0 aromatic heterocycles. The van der Waals surface area contributed by atoms with Crippen LogP contribution in [-0.4, -0.2) is 89.2 Å². The van der Waals surface area contributed by atoms with E-state index in [9.17, 15) is 34.5 Å². The zero-order valence-electron chi connectivity index (χ0n) is 57.3. The highest BCUT2D eigenvalue weighted by atomic mass is 16.7. The number of rotatable bonds is 68. The van der Waals surface area contributed by atoms with Crippen molar-refractivity contribution in [3.63, 3.8) is 0 Å². The van der Waals surface area contributed by atoms with Crippen molar-refractivity contribution >= 4 is 23.9 Å². The Morgan fingerprint density at radius 3 is 0.862 bits per heavy atom. The van der Waals surface area contributed by atoms with E-state index in [0.717, 1.165) is 57.8 Å². The Bertz CT molecular complexity index is 1510. The number of unbranched alkanes of at least 4 members (excludes halogenated alkanes) is 54. The summed E-state index contributed by atoms with van der Waals surface area (Å²) in [5.74, 6) is -3.05. The Hall–Kier alpha value is -2.28. The molecule has 0 bridgehead atoms. The van der Waals surface area contributed by atoms with Gasteiger partial charge in [-0.25, -0.2) is 4.79 Å². The van der Waals surface area contributed by atoms with E-state index in [1.54, 1.807) is 0 Å². The minimum absolute atomic E-state index is 0.0718. The largest absolute Gasteiger partial charge is 0.479 e. The minimum atomic E-state index is -1.90. The first-order valence-electron chi connectivity index (χ1n) is 38.0. The molecule has 1 rings (SSSR count). The second kappa shape index (κ2) is 63.9. The van der Waals surface area contributed by atoms with Gasteiger partial charge in [-0.05, 0) is 19.3 Å². The Morgan fingerprint density at radius 2 is 0.586 bits per heavy atom. The molecule has 0 saturated carbocycles. The molecular formula is C75H142O12. The average molecular weight is 1240 g/mol. The molecule has 514 valence electrons. The van der Waals surface area contributed by atoms with Crippen LogP contribution in [0.15, 0.2) is 0 Å². The van der Waals surface area contributed by atoms with Gasteiger partial charge in [0.05, 0.1) is 6.61 Å². The van der Waals surface area contributed by atoms with Gasteiger partial charge in [0.15, 0.2) is 24.6 Å². The summed E-state index contributed by atoms with van der Waals surface area (Å²) in [6, 6.07) is 0. The fourth-order valence-electron chi connectivity index (χ4n) is 12.4. The van der Waals surface area contributed by atoms with Gasteiger partial charge in [0.2, 0.25) is 0 Å². The smallest absolute Gasteiger partial charge is 0.335 e. The maximum Gasteiger partial charge on any atom is 0.335 e. The Morgan fingerprint density at radius 1 is 0.333 bits per heavy atom. The summed E-state index contributed by atoms with van der Waals surface area (Å²) < 4.78 is 28.7. The van der Waals surface area contributed by atoms with Gasteiger partial charge in [0.1, 0.15) is 18.8 Å². The van der Waals surface area contributed by atoms with Crippen LogP contribution in [0.25, 0.3) is 0 Å².